The summed E-state index contributed by atoms with van der Waals surface area (Å²) >= 11 is 0. The molecule has 226 valence electrons. The summed E-state index contributed by atoms with van der Waals surface area (Å²) in [6.07, 6.45) is 4.47. The highest BCUT2D eigenvalue weighted by atomic mass is 16.6. The molecule has 2 atom stereocenters. The predicted molar refractivity (Wildman–Crippen MR) is 168 cm³/mol. The number of amides is 4. The lowest BCUT2D eigenvalue weighted by Crippen LogP contribution is -2.58. The van der Waals surface area contributed by atoms with E-state index in [9.17, 15) is 19.2 Å². The fourth-order valence-electron chi connectivity index (χ4n) is 4.66. The molecule has 0 heterocycles. The lowest BCUT2D eigenvalue weighted by atomic mass is 9.94. The van der Waals surface area contributed by atoms with Gasteiger partial charge in [-0.2, -0.15) is 0 Å². The molecule has 0 aromatic heterocycles. The molecule has 0 bridgehead atoms. The molecule has 0 saturated carbocycles. The van der Waals surface area contributed by atoms with E-state index in [0.717, 1.165) is 10.8 Å². The number of nitrogens with zero attached hydrogens (tertiary/aromatic N) is 1. The number of nitrogens with one attached hydrogen (secondary N) is 2. The van der Waals surface area contributed by atoms with E-state index in [1.165, 1.54) is 4.90 Å². The van der Waals surface area contributed by atoms with E-state index in [2.05, 4.69) is 16.6 Å². The third-order valence-electron chi connectivity index (χ3n) is 6.55. The average Bonchev–Trinajstić information content (AvgIpc) is 2.91. The molecular weight excluding hydrogens is 544 g/mol. The Morgan fingerprint density at radius 1 is 0.930 bits per heavy atom. The van der Waals surface area contributed by atoms with Crippen LogP contribution in [-0.2, 0) is 19.1 Å². The Morgan fingerprint density at radius 3 is 2.12 bits per heavy atom. The van der Waals surface area contributed by atoms with Gasteiger partial charge in [-0.3, -0.25) is 14.4 Å². The summed E-state index contributed by atoms with van der Waals surface area (Å²) in [5.74, 6) is 0.865. The van der Waals surface area contributed by atoms with E-state index in [1.54, 1.807) is 71.9 Å². The van der Waals surface area contributed by atoms with Gasteiger partial charge < -0.3 is 26.0 Å². The van der Waals surface area contributed by atoms with E-state index in [0.29, 0.717) is 16.8 Å². The zero-order valence-electron chi connectivity index (χ0n) is 25.6. The minimum atomic E-state index is -1.21. The van der Waals surface area contributed by atoms with Gasteiger partial charge in [0.05, 0.1) is 0 Å². The molecule has 4 amide bonds. The Labute approximate surface area is 253 Å². The van der Waals surface area contributed by atoms with Crippen LogP contribution in [0.1, 0.15) is 71.6 Å². The number of benzene rings is 3. The number of nitrogens with two attached hydrogens (primary N) is 1. The van der Waals surface area contributed by atoms with Gasteiger partial charge in [-0.05, 0) is 88.6 Å². The van der Waals surface area contributed by atoms with Crippen molar-refractivity contribution in [2.45, 2.75) is 77.6 Å². The fraction of sp³-hybridized carbons (Fsp3) is 0.353. The average molecular weight is 585 g/mol. The van der Waals surface area contributed by atoms with Crippen LogP contribution in [0.2, 0.25) is 0 Å². The van der Waals surface area contributed by atoms with Crippen LogP contribution in [0.4, 0.5) is 10.5 Å². The molecule has 0 radical (unpaired) electrons. The van der Waals surface area contributed by atoms with Crippen LogP contribution < -0.4 is 16.4 Å². The highest BCUT2D eigenvalue weighted by Crippen LogP contribution is 2.32. The Kier molecular flexibility index (Phi) is 10.2. The molecule has 3 aromatic rings. The molecule has 0 aliphatic carbocycles. The highest BCUT2D eigenvalue weighted by molar-refractivity contribution is 6.00. The molecule has 2 unspecified atom stereocenters. The number of terminal acetylenes is 1. The second-order valence-corrected chi connectivity index (χ2v) is 12.3. The maximum atomic E-state index is 14.4. The molecular formula is C34H40N4O5. The van der Waals surface area contributed by atoms with Crippen molar-refractivity contribution in [2.24, 2.45) is 5.73 Å². The summed E-state index contributed by atoms with van der Waals surface area (Å²) in [6.45, 7) is 10.4. The van der Waals surface area contributed by atoms with E-state index < -0.39 is 47.0 Å². The van der Waals surface area contributed by atoms with Crippen LogP contribution in [0.25, 0.3) is 10.8 Å². The van der Waals surface area contributed by atoms with Gasteiger partial charge in [-0.15, -0.1) is 6.42 Å². The van der Waals surface area contributed by atoms with E-state index in [-0.39, 0.29) is 12.8 Å². The molecule has 0 fully saturated rings. The monoisotopic (exact) mass is 584 g/mol. The Morgan fingerprint density at radius 2 is 1.56 bits per heavy atom. The first kappa shape index (κ1) is 32.7. The standard InChI is InChI=1S/C34H40N4O5/c1-8-22-13-15-24(16-14-22)29(30(40)36-26-18-17-23-11-9-10-12-25(23)21-26)38(33(2,3)4)31(41)27(19-20-28(35)39)37-32(42)43-34(5,6)7/h1,9-18,21,27,29H,19-20H2,2-7H3,(H2,35,39)(H,36,40)(H,37,42). The van der Waals surface area contributed by atoms with Crippen molar-refractivity contribution in [1.29, 1.82) is 0 Å². The molecule has 43 heavy (non-hydrogen) atoms. The zero-order valence-corrected chi connectivity index (χ0v) is 25.6. The normalized spacial score (nSPS) is 12.9. The lowest BCUT2D eigenvalue weighted by Gasteiger charge is -2.43. The third-order valence-corrected chi connectivity index (χ3v) is 6.55. The van der Waals surface area contributed by atoms with Gasteiger partial charge in [0.1, 0.15) is 17.7 Å². The minimum absolute atomic E-state index is 0.0883. The van der Waals surface area contributed by atoms with Crippen molar-refractivity contribution in [3.63, 3.8) is 0 Å². The summed E-state index contributed by atoms with van der Waals surface area (Å²) in [5, 5.41) is 7.52. The number of carbonyl (C=O) groups is 4. The molecule has 0 spiro atoms. The number of rotatable bonds is 9. The maximum Gasteiger partial charge on any atom is 0.408 e. The number of anilines is 1. The largest absolute Gasteiger partial charge is 0.444 e. The zero-order chi connectivity index (χ0) is 31.9. The highest BCUT2D eigenvalue weighted by Gasteiger charge is 2.42. The molecule has 0 aliphatic heterocycles. The second kappa shape index (κ2) is 13.4. The molecule has 9 nitrogen and oxygen atoms in total. The van der Waals surface area contributed by atoms with Gasteiger partial charge in [0, 0.05) is 23.2 Å². The first-order valence-corrected chi connectivity index (χ1v) is 14.1. The van der Waals surface area contributed by atoms with Gasteiger partial charge >= 0.3 is 6.09 Å². The number of hydrogen-bond acceptors (Lipinski definition) is 5. The van der Waals surface area contributed by atoms with Crippen LogP contribution in [0.5, 0.6) is 0 Å². The van der Waals surface area contributed by atoms with Crippen LogP contribution in [0.3, 0.4) is 0 Å². The first-order valence-electron chi connectivity index (χ1n) is 14.1. The van der Waals surface area contributed by atoms with Crippen LogP contribution in [0.15, 0.2) is 66.7 Å². The number of hydrogen-bond donors (Lipinski definition) is 3. The number of alkyl carbamates (subject to hydrolysis) is 1. The van der Waals surface area contributed by atoms with Crippen molar-refractivity contribution >= 4 is 40.3 Å². The Hall–Kier alpha value is -4.84. The molecule has 3 rings (SSSR count). The topological polar surface area (TPSA) is 131 Å². The summed E-state index contributed by atoms with van der Waals surface area (Å²) in [4.78, 5) is 54.4. The summed E-state index contributed by atoms with van der Waals surface area (Å²) in [7, 11) is 0. The number of fused-ring (bicyclic) bond motifs is 1. The van der Waals surface area contributed by atoms with Gasteiger partial charge in [-0.25, -0.2) is 4.79 Å². The van der Waals surface area contributed by atoms with E-state index in [4.69, 9.17) is 16.9 Å². The summed E-state index contributed by atoms with van der Waals surface area (Å²) in [5.41, 5.74) is 5.31. The van der Waals surface area contributed by atoms with Crippen molar-refractivity contribution < 1.29 is 23.9 Å². The number of carbonyl (C=O) groups excluding carboxylic acids is 4. The second-order valence-electron chi connectivity index (χ2n) is 12.3. The smallest absolute Gasteiger partial charge is 0.408 e. The summed E-state index contributed by atoms with van der Waals surface area (Å²) in [6, 6.07) is 17.8. The number of primary amides is 1. The lowest BCUT2D eigenvalue weighted by molar-refractivity contribution is -0.147. The molecule has 3 aromatic carbocycles. The molecule has 0 saturated heterocycles. The van der Waals surface area contributed by atoms with Crippen LogP contribution >= 0.6 is 0 Å². The van der Waals surface area contributed by atoms with E-state index in [1.807, 2.05) is 36.4 Å². The fourth-order valence-corrected chi connectivity index (χ4v) is 4.66. The van der Waals surface area contributed by atoms with E-state index >= 15 is 0 Å². The summed E-state index contributed by atoms with van der Waals surface area (Å²) < 4.78 is 5.39. The first-order chi connectivity index (χ1) is 20.1. The quantitative estimate of drug-likeness (QED) is 0.294. The third kappa shape index (κ3) is 9.07. The predicted octanol–water partition coefficient (Wildman–Crippen LogP) is 5.29. The Bertz CT molecular complexity index is 1530. The number of ether oxygens (including phenoxy) is 1. The van der Waals surface area contributed by atoms with Crippen LogP contribution in [-0.4, -0.2) is 45.9 Å². The van der Waals surface area contributed by atoms with Gasteiger partial charge in [0.2, 0.25) is 11.8 Å². The maximum absolute atomic E-state index is 14.4. The molecule has 0 aliphatic rings. The van der Waals surface area contributed by atoms with Gasteiger partial charge in [0.15, 0.2) is 0 Å². The van der Waals surface area contributed by atoms with Gasteiger partial charge in [-0.1, -0.05) is 48.4 Å². The van der Waals surface area contributed by atoms with Crippen molar-refractivity contribution in [1.82, 2.24) is 10.2 Å². The Balaban J connectivity index is 2.08. The van der Waals surface area contributed by atoms with Gasteiger partial charge in [0.25, 0.3) is 5.91 Å². The van der Waals surface area contributed by atoms with Crippen molar-refractivity contribution in [2.75, 3.05) is 5.32 Å². The van der Waals surface area contributed by atoms with Crippen LogP contribution in [0, 0.1) is 12.3 Å². The minimum Gasteiger partial charge on any atom is -0.444 e. The molecule has 4 N–H and O–H groups in total. The van der Waals surface area contributed by atoms with Crippen molar-refractivity contribution in [3.05, 3.63) is 77.9 Å². The SMILES string of the molecule is C#Cc1ccc(C(C(=O)Nc2ccc3ccccc3c2)N(C(=O)C(CCC(N)=O)NC(=O)OC(C)(C)C)C(C)(C)C)cc1. The molecule has 9 heteroatoms. The van der Waals surface area contributed by atoms with Crippen molar-refractivity contribution in [3.8, 4) is 12.3 Å².